The summed E-state index contributed by atoms with van der Waals surface area (Å²) in [6, 6.07) is 27.4. The Kier molecular flexibility index (Phi) is 9.12. The Morgan fingerprint density at radius 3 is 1.61 bits per heavy atom. The van der Waals surface area contributed by atoms with Crippen LogP contribution in [0, 0.1) is 41.5 Å². The minimum atomic E-state index is -0.605. The van der Waals surface area contributed by atoms with E-state index >= 15 is 0 Å². The fourth-order valence-corrected chi connectivity index (χ4v) is 8.26. The normalized spacial score (nSPS) is 12.3. The fraction of sp³-hybridized carbons (Fsp3) is 0.204. The maximum atomic E-state index is 12.6. The quantitative estimate of drug-likeness (QED) is 0.168. The summed E-state index contributed by atoms with van der Waals surface area (Å²) in [6.07, 6.45) is 7.93. The average Bonchev–Trinajstić information content (AvgIpc) is 3.94. The predicted molar refractivity (Wildman–Crippen MR) is 233 cm³/mol. The van der Waals surface area contributed by atoms with Crippen molar-refractivity contribution >= 4 is 58.2 Å². The summed E-state index contributed by atoms with van der Waals surface area (Å²) in [6.45, 7) is 18.5. The highest BCUT2D eigenvalue weighted by Crippen LogP contribution is 2.39. The summed E-state index contributed by atoms with van der Waals surface area (Å²) < 4.78 is 5.52. The summed E-state index contributed by atoms with van der Waals surface area (Å²) in [7, 11) is 0. The molecule has 3 aromatic heterocycles. The van der Waals surface area contributed by atoms with Crippen LogP contribution in [0.15, 0.2) is 78.9 Å². The molecule has 0 atom stereocenters. The lowest BCUT2D eigenvalue weighted by molar-refractivity contribution is 0.0636. The van der Waals surface area contributed by atoms with Crippen molar-refractivity contribution in [2.24, 2.45) is 0 Å². The fourth-order valence-electron chi connectivity index (χ4n) is 8.26. The molecule has 0 fully saturated rings. The number of aromatic nitrogens is 4. The Balaban J connectivity index is 1.46. The van der Waals surface area contributed by atoms with Crippen molar-refractivity contribution in [3.63, 3.8) is 0 Å². The van der Waals surface area contributed by atoms with Crippen molar-refractivity contribution in [1.82, 2.24) is 19.9 Å². The number of carbonyl (C=O) groups is 1. The first-order chi connectivity index (χ1) is 26.7. The predicted octanol–water partition coefficient (Wildman–Crippen LogP) is 12.9. The molecule has 3 N–H and O–H groups in total. The third kappa shape index (κ3) is 7.08. The van der Waals surface area contributed by atoms with E-state index in [4.69, 9.17) is 14.7 Å². The number of aryl methyl sites for hydroxylation is 6. The Morgan fingerprint density at radius 1 is 0.554 bits per heavy atom. The third-order valence-electron chi connectivity index (χ3n) is 10.2. The first kappa shape index (κ1) is 36.5. The van der Waals surface area contributed by atoms with Gasteiger partial charge in [-0.25, -0.2) is 14.8 Å². The minimum Gasteiger partial charge on any atom is -0.444 e. The van der Waals surface area contributed by atoms with Crippen molar-refractivity contribution in [3.8, 4) is 33.4 Å². The highest BCUT2D eigenvalue weighted by Gasteiger charge is 2.21. The van der Waals surface area contributed by atoms with Crippen LogP contribution in [0.2, 0.25) is 0 Å². The first-order valence-corrected chi connectivity index (χ1v) is 19.1. The number of ether oxygens (including phenoxy) is 1. The smallest absolute Gasteiger partial charge is 0.412 e. The molecule has 0 radical (unpaired) electrons. The summed E-state index contributed by atoms with van der Waals surface area (Å²) in [5, 5.41) is 2.87. The molecule has 280 valence electrons. The number of aromatic amines is 2. The van der Waals surface area contributed by atoms with E-state index in [-0.39, 0.29) is 0 Å². The molecule has 2 aliphatic heterocycles. The van der Waals surface area contributed by atoms with Crippen LogP contribution in [0.3, 0.4) is 0 Å². The van der Waals surface area contributed by atoms with Crippen molar-refractivity contribution < 1.29 is 9.53 Å². The zero-order valence-corrected chi connectivity index (χ0v) is 33.5. The number of amides is 1. The lowest BCUT2D eigenvalue weighted by atomic mass is 9.92. The van der Waals surface area contributed by atoms with E-state index in [0.29, 0.717) is 5.69 Å². The van der Waals surface area contributed by atoms with Gasteiger partial charge in [-0.15, -0.1) is 0 Å². The Hall–Kier alpha value is -6.47. The van der Waals surface area contributed by atoms with E-state index < -0.39 is 11.7 Å². The molecule has 0 saturated carbocycles. The van der Waals surface area contributed by atoms with Crippen molar-refractivity contribution in [3.05, 3.63) is 135 Å². The Labute approximate surface area is 328 Å². The molecule has 8 rings (SSSR count). The molecule has 0 spiro atoms. The van der Waals surface area contributed by atoms with Gasteiger partial charge in [0.2, 0.25) is 0 Å². The number of carbonyl (C=O) groups excluding carboxylic acids is 1. The van der Waals surface area contributed by atoms with Gasteiger partial charge < -0.3 is 14.7 Å². The largest absolute Gasteiger partial charge is 0.444 e. The SMILES string of the molecule is Cc1cc(C)c(-c2c3nc(c(-c4ccc(NC(=O)OC(C)(C)C)cc4)c4ccc([nH]4)c(-c4c(C)cc(C)cc4C)c4nc(cc5ccc2[nH]5)C=C4)C=C3)c(C)c1. The van der Waals surface area contributed by atoms with Crippen LogP contribution in [-0.2, 0) is 4.74 Å². The molecule has 5 heterocycles. The lowest BCUT2D eigenvalue weighted by Crippen LogP contribution is -2.27. The molecular weight excluding hydrogens is 691 g/mol. The van der Waals surface area contributed by atoms with E-state index in [2.05, 4.69) is 136 Å². The van der Waals surface area contributed by atoms with Gasteiger partial charge in [0.15, 0.2) is 0 Å². The third-order valence-corrected chi connectivity index (χ3v) is 10.2. The van der Waals surface area contributed by atoms with Gasteiger partial charge in [0, 0.05) is 44.4 Å². The minimum absolute atomic E-state index is 0.497. The van der Waals surface area contributed by atoms with Crippen LogP contribution in [0.4, 0.5) is 10.5 Å². The average molecular weight is 738 g/mol. The van der Waals surface area contributed by atoms with Crippen molar-refractivity contribution in [2.75, 3.05) is 5.32 Å². The van der Waals surface area contributed by atoms with E-state index in [9.17, 15) is 4.79 Å². The van der Waals surface area contributed by atoms with Crippen molar-refractivity contribution in [2.45, 2.75) is 67.9 Å². The molecule has 0 aliphatic carbocycles. The van der Waals surface area contributed by atoms with E-state index in [1.807, 2.05) is 45.0 Å². The summed E-state index contributed by atoms with van der Waals surface area (Å²) in [4.78, 5) is 30.9. The molecule has 3 aromatic carbocycles. The second-order valence-corrected chi connectivity index (χ2v) is 16.1. The number of hydrogen-bond donors (Lipinski definition) is 3. The molecular formula is C49H47N5O2. The highest BCUT2D eigenvalue weighted by atomic mass is 16.6. The number of fused-ring (bicyclic) bond motifs is 8. The number of hydrogen-bond acceptors (Lipinski definition) is 4. The molecule has 0 unspecified atom stereocenters. The molecule has 1 amide bonds. The molecule has 8 bridgehead atoms. The van der Waals surface area contributed by atoms with Crippen LogP contribution < -0.4 is 5.32 Å². The summed E-state index contributed by atoms with van der Waals surface area (Å²) in [5.74, 6) is 0. The molecule has 2 aliphatic rings. The van der Waals surface area contributed by atoms with Crippen LogP contribution in [0.5, 0.6) is 0 Å². The van der Waals surface area contributed by atoms with Crippen LogP contribution in [0.1, 0.15) is 76.9 Å². The van der Waals surface area contributed by atoms with Gasteiger partial charge in [0.05, 0.1) is 22.8 Å². The van der Waals surface area contributed by atoms with Crippen LogP contribution >= 0.6 is 0 Å². The van der Waals surface area contributed by atoms with E-state index in [1.54, 1.807) is 0 Å². The van der Waals surface area contributed by atoms with Gasteiger partial charge in [-0.05, 0) is 168 Å². The maximum Gasteiger partial charge on any atom is 0.412 e. The second kappa shape index (κ2) is 14.0. The van der Waals surface area contributed by atoms with E-state index in [0.717, 1.165) is 78.2 Å². The highest BCUT2D eigenvalue weighted by molar-refractivity contribution is 5.99. The number of nitrogens with one attached hydrogen (secondary N) is 3. The number of rotatable bonds is 4. The number of anilines is 1. The van der Waals surface area contributed by atoms with Gasteiger partial charge in [-0.3, -0.25) is 5.32 Å². The molecule has 56 heavy (non-hydrogen) atoms. The van der Waals surface area contributed by atoms with Crippen LogP contribution in [-0.4, -0.2) is 31.6 Å². The summed E-state index contributed by atoms with van der Waals surface area (Å²) in [5.41, 5.74) is 20.8. The summed E-state index contributed by atoms with van der Waals surface area (Å²) >= 11 is 0. The molecule has 7 heteroatoms. The zero-order chi connectivity index (χ0) is 39.5. The number of benzene rings is 3. The topological polar surface area (TPSA) is 95.7 Å². The monoisotopic (exact) mass is 737 g/mol. The Morgan fingerprint density at radius 2 is 1.04 bits per heavy atom. The van der Waals surface area contributed by atoms with Crippen LogP contribution in [0.25, 0.3) is 79.8 Å². The Bertz CT molecular complexity index is 2710. The zero-order valence-electron chi connectivity index (χ0n) is 33.5. The second-order valence-electron chi connectivity index (χ2n) is 16.1. The van der Waals surface area contributed by atoms with Gasteiger partial charge in [-0.1, -0.05) is 47.5 Å². The van der Waals surface area contributed by atoms with Gasteiger partial charge >= 0.3 is 6.09 Å². The van der Waals surface area contributed by atoms with E-state index in [1.165, 1.54) is 33.4 Å². The standard InChI is InChI=1S/C49H47N5O2/c1-27-22-29(3)43(30(4)23-27)46-39-16-14-35(50-39)26-36-15-17-40(51-36)47(44-31(5)24-28(2)25-32(44)6)42-21-19-38(54-42)45(37-18-20-41(46)53-37)33-10-12-34(13-11-33)52-48(55)56-49(7,8)9/h10-26,50,54H,1-9H3,(H,52,55). The molecule has 6 aromatic rings. The van der Waals surface area contributed by atoms with Crippen molar-refractivity contribution in [1.29, 1.82) is 0 Å². The lowest BCUT2D eigenvalue weighted by Gasteiger charge is -2.19. The van der Waals surface area contributed by atoms with Gasteiger partial charge in [0.25, 0.3) is 0 Å². The van der Waals surface area contributed by atoms with Gasteiger partial charge in [0.1, 0.15) is 5.60 Å². The van der Waals surface area contributed by atoms with Gasteiger partial charge in [-0.2, -0.15) is 0 Å². The molecule has 0 saturated heterocycles. The number of nitrogens with zero attached hydrogens (tertiary/aromatic N) is 2. The maximum absolute atomic E-state index is 12.6. The number of H-pyrrole nitrogens is 2. The first-order valence-electron chi connectivity index (χ1n) is 19.1. The molecule has 7 nitrogen and oxygen atoms in total.